The molecule has 152 valence electrons. The van der Waals surface area contributed by atoms with Gasteiger partial charge < -0.3 is 9.47 Å². The maximum atomic E-state index is 12.0. The topological polar surface area (TPSA) is 52.6 Å². The highest BCUT2D eigenvalue weighted by Gasteiger charge is 2.11. The first-order valence-electron chi connectivity index (χ1n) is 10.5. The zero-order valence-corrected chi connectivity index (χ0v) is 17.3. The van der Waals surface area contributed by atoms with E-state index in [2.05, 4.69) is 6.92 Å². The van der Waals surface area contributed by atoms with E-state index in [9.17, 15) is 9.59 Å². The minimum atomic E-state index is -0.363. The van der Waals surface area contributed by atoms with Gasteiger partial charge in [-0.15, -0.1) is 0 Å². The molecule has 1 aromatic carbocycles. The third-order valence-electron chi connectivity index (χ3n) is 4.39. The average molecular weight is 377 g/mol. The Morgan fingerprint density at radius 3 is 1.67 bits per heavy atom. The van der Waals surface area contributed by atoms with Gasteiger partial charge in [0, 0.05) is 0 Å². The van der Waals surface area contributed by atoms with Crippen LogP contribution in [0.2, 0.25) is 0 Å². The monoisotopic (exact) mass is 376 g/mol. The summed E-state index contributed by atoms with van der Waals surface area (Å²) >= 11 is 0. The lowest BCUT2D eigenvalue weighted by Crippen LogP contribution is -2.11. The molecule has 0 heterocycles. The fourth-order valence-electron chi connectivity index (χ4n) is 2.73. The molecular formula is C23H36O4. The van der Waals surface area contributed by atoms with Crippen LogP contribution in [-0.2, 0) is 9.47 Å². The van der Waals surface area contributed by atoms with Crippen molar-refractivity contribution in [3.05, 3.63) is 35.4 Å². The molecule has 0 fully saturated rings. The lowest BCUT2D eigenvalue weighted by Gasteiger charge is -2.08. The van der Waals surface area contributed by atoms with Crippen LogP contribution in [0.4, 0.5) is 0 Å². The molecule has 0 aliphatic carbocycles. The predicted molar refractivity (Wildman–Crippen MR) is 109 cm³/mol. The van der Waals surface area contributed by atoms with Gasteiger partial charge in [0.15, 0.2) is 0 Å². The van der Waals surface area contributed by atoms with Crippen molar-refractivity contribution in [1.82, 2.24) is 0 Å². The van der Waals surface area contributed by atoms with Crippen molar-refractivity contribution in [2.45, 2.75) is 78.6 Å². The first-order valence-corrected chi connectivity index (χ1v) is 10.5. The van der Waals surface area contributed by atoms with E-state index < -0.39 is 0 Å². The van der Waals surface area contributed by atoms with Crippen LogP contribution in [0.3, 0.4) is 0 Å². The SMILES string of the molecule is CCCCCCCCCCCOC(=O)c1ccc(C(=O)OCC(C)C)cc1. The van der Waals surface area contributed by atoms with Gasteiger partial charge in [-0.1, -0.05) is 72.1 Å². The Bertz CT molecular complexity index is 534. The summed E-state index contributed by atoms with van der Waals surface area (Å²) in [5, 5.41) is 0. The van der Waals surface area contributed by atoms with Crippen molar-refractivity contribution in [3.8, 4) is 0 Å². The summed E-state index contributed by atoms with van der Waals surface area (Å²) in [5.41, 5.74) is 0.914. The zero-order chi connectivity index (χ0) is 19.9. The second-order valence-electron chi connectivity index (χ2n) is 7.53. The van der Waals surface area contributed by atoms with Crippen LogP contribution >= 0.6 is 0 Å². The van der Waals surface area contributed by atoms with Crippen LogP contribution in [-0.4, -0.2) is 25.2 Å². The Hall–Kier alpha value is -1.84. The molecule has 0 aliphatic rings. The zero-order valence-electron chi connectivity index (χ0n) is 17.3. The van der Waals surface area contributed by atoms with Gasteiger partial charge in [0.2, 0.25) is 0 Å². The molecule has 1 aromatic rings. The Labute approximate surface area is 164 Å². The molecule has 0 spiro atoms. The molecule has 0 N–H and O–H groups in total. The number of unbranched alkanes of at least 4 members (excludes halogenated alkanes) is 8. The van der Waals surface area contributed by atoms with Crippen LogP contribution < -0.4 is 0 Å². The van der Waals surface area contributed by atoms with Gasteiger partial charge in [-0.25, -0.2) is 9.59 Å². The Balaban J connectivity index is 2.17. The Morgan fingerprint density at radius 1 is 0.741 bits per heavy atom. The van der Waals surface area contributed by atoms with Gasteiger partial charge in [-0.2, -0.15) is 0 Å². The van der Waals surface area contributed by atoms with E-state index in [-0.39, 0.29) is 11.9 Å². The number of hydrogen-bond acceptors (Lipinski definition) is 4. The number of carbonyl (C=O) groups excluding carboxylic acids is 2. The molecule has 0 unspecified atom stereocenters. The van der Waals surface area contributed by atoms with Gasteiger partial charge in [-0.3, -0.25) is 0 Å². The molecule has 0 amide bonds. The molecule has 0 aromatic heterocycles. The molecule has 0 bridgehead atoms. The predicted octanol–water partition coefficient (Wildman–Crippen LogP) is 6.19. The molecule has 4 heteroatoms. The highest BCUT2D eigenvalue weighted by Crippen LogP contribution is 2.11. The van der Waals surface area contributed by atoms with E-state index >= 15 is 0 Å². The lowest BCUT2D eigenvalue weighted by atomic mass is 10.1. The van der Waals surface area contributed by atoms with Crippen molar-refractivity contribution in [2.24, 2.45) is 5.92 Å². The summed E-state index contributed by atoms with van der Waals surface area (Å²) in [5.74, 6) is -0.403. The second kappa shape index (κ2) is 14.2. The quantitative estimate of drug-likeness (QED) is 0.287. The van der Waals surface area contributed by atoms with Gasteiger partial charge in [-0.05, 0) is 36.6 Å². The van der Waals surface area contributed by atoms with Gasteiger partial charge in [0.25, 0.3) is 0 Å². The van der Waals surface area contributed by atoms with E-state index in [0.717, 1.165) is 12.8 Å². The number of hydrogen-bond donors (Lipinski definition) is 0. The number of benzene rings is 1. The fourth-order valence-corrected chi connectivity index (χ4v) is 2.73. The fraction of sp³-hybridized carbons (Fsp3) is 0.652. The van der Waals surface area contributed by atoms with Crippen LogP contribution in [0.5, 0.6) is 0 Å². The molecular weight excluding hydrogens is 340 g/mol. The maximum Gasteiger partial charge on any atom is 0.338 e. The summed E-state index contributed by atoms with van der Waals surface area (Å²) in [6, 6.07) is 6.45. The van der Waals surface area contributed by atoms with E-state index in [1.165, 1.54) is 44.9 Å². The van der Waals surface area contributed by atoms with E-state index in [0.29, 0.717) is 30.3 Å². The summed E-state index contributed by atoms with van der Waals surface area (Å²) in [6.07, 6.45) is 11.1. The number of esters is 2. The Morgan fingerprint density at radius 2 is 1.19 bits per heavy atom. The highest BCUT2D eigenvalue weighted by molar-refractivity contribution is 5.93. The molecule has 1 rings (SSSR count). The molecule has 4 nitrogen and oxygen atoms in total. The minimum absolute atomic E-state index is 0.296. The van der Waals surface area contributed by atoms with E-state index in [4.69, 9.17) is 9.47 Å². The minimum Gasteiger partial charge on any atom is -0.462 e. The smallest absolute Gasteiger partial charge is 0.338 e. The van der Waals surface area contributed by atoms with E-state index in [1.807, 2.05) is 13.8 Å². The maximum absolute atomic E-state index is 12.0. The summed E-state index contributed by atoms with van der Waals surface area (Å²) in [6.45, 7) is 7.05. The first kappa shape index (κ1) is 23.2. The average Bonchev–Trinajstić information content (AvgIpc) is 2.67. The lowest BCUT2D eigenvalue weighted by molar-refractivity contribution is 0.0454. The number of carbonyl (C=O) groups is 2. The number of ether oxygens (including phenoxy) is 2. The summed E-state index contributed by atoms with van der Waals surface area (Å²) in [4.78, 5) is 23.9. The molecule has 0 radical (unpaired) electrons. The van der Waals surface area contributed by atoms with Crippen LogP contribution in [0.1, 0.15) is 99.3 Å². The third kappa shape index (κ3) is 10.8. The molecule has 0 saturated heterocycles. The van der Waals surface area contributed by atoms with Crippen molar-refractivity contribution in [1.29, 1.82) is 0 Å². The summed E-state index contributed by atoms with van der Waals surface area (Å²) < 4.78 is 10.5. The second-order valence-corrected chi connectivity index (χ2v) is 7.53. The number of rotatable bonds is 14. The van der Waals surface area contributed by atoms with Crippen molar-refractivity contribution in [3.63, 3.8) is 0 Å². The van der Waals surface area contributed by atoms with Crippen molar-refractivity contribution < 1.29 is 19.1 Å². The molecule has 0 saturated carbocycles. The molecule has 0 aliphatic heterocycles. The van der Waals surface area contributed by atoms with Crippen LogP contribution in [0, 0.1) is 5.92 Å². The summed E-state index contributed by atoms with van der Waals surface area (Å²) in [7, 11) is 0. The molecule has 0 atom stereocenters. The van der Waals surface area contributed by atoms with E-state index in [1.54, 1.807) is 24.3 Å². The van der Waals surface area contributed by atoms with Gasteiger partial charge in [0.1, 0.15) is 0 Å². The highest BCUT2D eigenvalue weighted by atomic mass is 16.5. The Kier molecular flexibility index (Phi) is 12.2. The van der Waals surface area contributed by atoms with Crippen LogP contribution in [0.25, 0.3) is 0 Å². The van der Waals surface area contributed by atoms with Gasteiger partial charge in [0.05, 0.1) is 24.3 Å². The van der Waals surface area contributed by atoms with Crippen molar-refractivity contribution >= 4 is 11.9 Å². The molecule has 27 heavy (non-hydrogen) atoms. The largest absolute Gasteiger partial charge is 0.462 e. The van der Waals surface area contributed by atoms with Crippen LogP contribution in [0.15, 0.2) is 24.3 Å². The third-order valence-corrected chi connectivity index (χ3v) is 4.39. The normalized spacial score (nSPS) is 10.8. The standard InChI is InChI=1S/C23H36O4/c1-4-5-6-7-8-9-10-11-12-17-26-22(24)20-13-15-21(16-14-20)23(25)27-18-19(2)3/h13-16,19H,4-12,17-18H2,1-3H3. The van der Waals surface area contributed by atoms with Crippen molar-refractivity contribution in [2.75, 3.05) is 13.2 Å². The first-order chi connectivity index (χ1) is 13.0. The van der Waals surface area contributed by atoms with Gasteiger partial charge >= 0.3 is 11.9 Å².